The molecular formula is C20H20Cl2N6O4. The molecule has 4 N–H and O–H groups in total. The maximum atomic E-state index is 11.3. The predicted octanol–water partition coefficient (Wildman–Crippen LogP) is 2.93. The Hall–Kier alpha value is -2.89. The molecule has 2 unspecified atom stereocenters. The molecule has 1 saturated heterocycles. The van der Waals surface area contributed by atoms with Crippen molar-refractivity contribution in [2.75, 3.05) is 18.5 Å². The molecule has 0 radical (unpaired) electrons. The maximum absolute atomic E-state index is 11.3. The quantitative estimate of drug-likeness (QED) is 0.270. The summed E-state index contributed by atoms with van der Waals surface area (Å²) >= 11 is 12.5. The van der Waals surface area contributed by atoms with Crippen LogP contribution in [0.3, 0.4) is 0 Å². The molecule has 2 heterocycles. The molecule has 1 aliphatic rings. The fourth-order valence-electron chi connectivity index (χ4n) is 3.27. The summed E-state index contributed by atoms with van der Waals surface area (Å²) in [5, 5.41) is 7.65. The van der Waals surface area contributed by atoms with E-state index in [1.165, 1.54) is 6.33 Å². The molecule has 1 aromatic heterocycles. The number of rotatable bonds is 7. The number of anilines is 1. The average Bonchev–Trinajstić information content (AvgIpc) is 3.44. The van der Waals surface area contributed by atoms with E-state index < -0.39 is 11.8 Å². The minimum absolute atomic E-state index is 0.236. The van der Waals surface area contributed by atoms with E-state index >= 15 is 0 Å². The van der Waals surface area contributed by atoms with Crippen LogP contribution in [0.1, 0.15) is 5.56 Å². The van der Waals surface area contributed by atoms with Gasteiger partial charge < -0.3 is 19.5 Å². The Morgan fingerprint density at radius 1 is 1.28 bits per heavy atom. The lowest BCUT2D eigenvalue weighted by Gasteiger charge is -2.29. The molecule has 0 spiro atoms. The van der Waals surface area contributed by atoms with Crippen LogP contribution in [0, 0.1) is 0 Å². The van der Waals surface area contributed by atoms with Gasteiger partial charge in [-0.05, 0) is 36.4 Å². The molecule has 168 valence electrons. The van der Waals surface area contributed by atoms with Gasteiger partial charge in [-0.1, -0.05) is 29.3 Å². The highest BCUT2D eigenvalue weighted by Crippen LogP contribution is 2.40. The Balaban J connectivity index is 1.45. The highest BCUT2D eigenvalue weighted by molar-refractivity contribution is 6.35. The zero-order chi connectivity index (χ0) is 22.6. The fraction of sp³-hybridized carbons (Fsp3) is 0.250. The number of nitrogens with one attached hydrogen (secondary N) is 2. The van der Waals surface area contributed by atoms with Gasteiger partial charge in [0.1, 0.15) is 37.7 Å². The van der Waals surface area contributed by atoms with E-state index in [4.69, 9.17) is 43.3 Å². The molecule has 0 aliphatic carbocycles. The molecule has 3 aromatic rings. The van der Waals surface area contributed by atoms with Crippen LogP contribution in [0.2, 0.25) is 10.0 Å². The monoisotopic (exact) mass is 478 g/mol. The number of hydrazine groups is 1. The van der Waals surface area contributed by atoms with Crippen LogP contribution in [0.4, 0.5) is 10.5 Å². The van der Waals surface area contributed by atoms with E-state index in [9.17, 15) is 4.79 Å². The summed E-state index contributed by atoms with van der Waals surface area (Å²) in [6.45, 7) is 0.763. The molecule has 2 aromatic carbocycles. The smallest absolute Gasteiger partial charge is 0.333 e. The van der Waals surface area contributed by atoms with E-state index in [-0.39, 0.29) is 25.9 Å². The first-order chi connectivity index (χ1) is 15.5. The van der Waals surface area contributed by atoms with E-state index in [2.05, 4.69) is 15.4 Å². The van der Waals surface area contributed by atoms with Crippen LogP contribution in [0.15, 0.2) is 55.1 Å². The SMILES string of the molecule is NNC(=O)Nc1ccc(OCC2COC(Cn3cncn3)(c3ccc(Cl)cc3Cl)O2)cc1. The van der Waals surface area contributed by atoms with Crippen LogP contribution in [0.5, 0.6) is 5.75 Å². The average molecular weight is 479 g/mol. The van der Waals surface area contributed by atoms with Gasteiger partial charge in [0.25, 0.3) is 0 Å². The number of nitrogens with zero attached hydrogens (tertiary/aromatic N) is 3. The second-order valence-corrected chi connectivity index (χ2v) is 7.80. The van der Waals surface area contributed by atoms with E-state index in [0.29, 0.717) is 27.0 Å². The van der Waals surface area contributed by atoms with Crippen molar-refractivity contribution in [3.63, 3.8) is 0 Å². The summed E-state index contributed by atoms with van der Waals surface area (Å²) in [5.41, 5.74) is 3.20. The van der Waals surface area contributed by atoms with Crippen LogP contribution < -0.4 is 21.3 Å². The lowest BCUT2D eigenvalue weighted by atomic mass is 10.1. The molecule has 0 saturated carbocycles. The van der Waals surface area contributed by atoms with Crippen LogP contribution in [0.25, 0.3) is 0 Å². The van der Waals surface area contributed by atoms with Crippen LogP contribution in [-0.4, -0.2) is 40.1 Å². The zero-order valence-electron chi connectivity index (χ0n) is 16.7. The third-order valence-electron chi connectivity index (χ3n) is 4.72. The van der Waals surface area contributed by atoms with Crippen molar-refractivity contribution in [2.45, 2.75) is 18.4 Å². The standard InChI is InChI=1S/C20H20Cl2N6O4/c21-13-1-6-17(18(22)7-13)20(10-28-12-24-11-25-28)31-9-16(32-20)8-30-15-4-2-14(3-5-15)26-19(29)27-23/h1-7,11-12,16H,8-10,23H2,(H2,26,27,29). The summed E-state index contributed by atoms with van der Waals surface area (Å²) in [6.07, 6.45) is 2.64. The first-order valence-corrected chi connectivity index (χ1v) is 10.3. The Morgan fingerprint density at radius 2 is 2.09 bits per heavy atom. The summed E-state index contributed by atoms with van der Waals surface area (Å²) in [4.78, 5) is 15.2. The van der Waals surface area contributed by atoms with Crippen molar-refractivity contribution >= 4 is 34.9 Å². The van der Waals surface area contributed by atoms with Gasteiger partial charge in [0.2, 0.25) is 5.79 Å². The Morgan fingerprint density at radius 3 is 2.78 bits per heavy atom. The molecular weight excluding hydrogens is 459 g/mol. The number of aromatic nitrogens is 3. The van der Waals surface area contributed by atoms with Gasteiger partial charge in [-0.2, -0.15) is 5.10 Å². The van der Waals surface area contributed by atoms with Crippen LogP contribution in [-0.2, 0) is 21.8 Å². The van der Waals surface area contributed by atoms with Gasteiger partial charge in [-0.3, -0.25) is 5.43 Å². The summed E-state index contributed by atoms with van der Waals surface area (Å²) in [7, 11) is 0. The maximum Gasteiger partial charge on any atom is 0.333 e. The summed E-state index contributed by atoms with van der Waals surface area (Å²) < 4.78 is 19.9. The van der Waals surface area contributed by atoms with Crippen molar-refractivity contribution in [2.24, 2.45) is 5.84 Å². The molecule has 32 heavy (non-hydrogen) atoms. The molecule has 1 fully saturated rings. The van der Waals surface area contributed by atoms with Gasteiger partial charge in [-0.25, -0.2) is 20.3 Å². The van der Waals surface area contributed by atoms with Crippen molar-refractivity contribution in [3.05, 3.63) is 70.7 Å². The lowest BCUT2D eigenvalue weighted by Crippen LogP contribution is -2.35. The van der Waals surface area contributed by atoms with Crippen molar-refractivity contribution < 1.29 is 19.0 Å². The minimum atomic E-state index is -1.17. The Kier molecular flexibility index (Phi) is 6.77. The van der Waals surface area contributed by atoms with Crippen molar-refractivity contribution in [1.29, 1.82) is 0 Å². The molecule has 2 amide bonds. The molecule has 2 atom stereocenters. The number of benzene rings is 2. The zero-order valence-corrected chi connectivity index (χ0v) is 18.2. The molecule has 12 heteroatoms. The van der Waals surface area contributed by atoms with Crippen molar-refractivity contribution in [1.82, 2.24) is 20.2 Å². The highest BCUT2D eigenvalue weighted by atomic mass is 35.5. The largest absolute Gasteiger partial charge is 0.491 e. The Labute approximate surface area is 193 Å². The molecule has 0 bridgehead atoms. The second kappa shape index (κ2) is 9.72. The van der Waals surface area contributed by atoms with Gasteiger partial charge in [0.05, 0.1) is 11.6 Å². The highest BCUT2D eigenvalue weighted by Gasteiger charge is 2.45. The number of urea groups is 1. The third kappa shape index (κ3) is 5.12. The number of carbonyl (C=O) groups is 1. The van der Waals surface area contributed by atoms with Gasteiger partial charge in [0, 0.05) is 16.3 Å². The first-order valence-electron chi connectivity index (χ1n) is 9.57. The molecule has 4 rings (SSSR count). The van der Waals surface area contributed by atoms with E-state index in [1.807, 2.05) is 5.43 Å². The van der Waals surface area contributed by atoms with Gasteiger partial charge in [0.15, 0.2) is 0 Å². The third-order valence-corrected chi connectivity index (χ3v) is 5.26. The number of hydrogen-bond acceptors (Lipinski definition) is 7. The fourth-order valence-corrected chi connectivity index (χ4v) is 3.83. The number of halogens is 2. The van der Waals surface area contributed by atoms with Crippen molar-refractivity contribution in [3.8, 4) is 5.75 Å². The van der Waals surface area contributed by atoms with Gasteiger partial charge in [-0.15, -0.1) is 0 Å². The van der Waals surface area contributed by atoms with E-state index in [1.54, 1.807) is 53.5 Å². The normalized spacial score (nSPS) is 20.2. The van der Waals surface area contributed by atoms with E-state index in [0.717, 1.165) is 0 Å². The molecule has 10 nitrogen and oxygen atoms in total. The Bertz CT molecular complexity index is 1070. The minimum Gasteiger partial charge on any atom is -0.491 e. The number of nitrogens with two attached hydrogens (primary N) is 1. The lowest BCUT2D eigenvalue weighted by molar-refractivity contribution is -0.190. The number of ether oxygens (including phenoxy) is 3. The summed E-state index contributed by atoms with van der Waals surface area (Å²) in [5.74, 6) is 4.48. The predicted molar refractivity (Wildman–Crippen MR) is 117 cm³/mol. The molecule has 1 aliphatic heterocycles. The number of amides is 2. The van der Waals surface area contributed by atoms with Gasteiger partial charge >= 0.3 is 6.03 Å². The first kappa shape index (κ1) is 22.3. The van der Waals surface area contributed by atoms with Crippen LogP contribution >= 0.6 is 23.2 Å². The number of carbonyl (C=O) groups excluding carboxylic acids is 1. The number of hydrogen-bond donors (Lipinski definition) is 3. The summed E-state index contributed by atoms with van der Waals surface area (Å²) in [6, 6.07) is 11.5. The topological polar surface area (TPSA) is 126 Å². The second-order valence-electron chi connectivity index (χ2n) is 6.95.